The van der Waals surface area contributed by atoms with E-state index in [2.05, 4.69) is 0 Å². The maximum absolute atomic E-state index is 12.1. The highest BCUT2D eigenvalue weighted by Crippen LogP contribution is 2.35. The molecule has 2 rings (SSSR count). The van der Waals surface area contributed by atoms with Crippen LogP contribution in [0.3, 0.4) is 0 Å². The SMILES string of the molecule is COC(=O)[C@@](O)(c1cc(C)cc(C)c1)[C@H]1CCC(=O)O1. The molecule has 0 unspecified atom stereocenters. The summed E-state index contributed by atoms with van der Waals surface area (Å²) in [5, 5.41) is 10.9. The number of carbonyl (C=O) groups excluding carboxylic acids is 2. The van der Waals surface area contributed by atoms with Gasteiger partial charge in [-0.2, -0.15) is 0 Å². The summed E-state index contributed by atoms with van der Waals surface area (Å²) in [6.07, 6.45) is -0.435. The Balaban J connectivity index is 2.51. The third kappa shape index (κ3) is 2.41. The fraction of sp³-hybridized carbons (Fsp3) is 0.467. The van der Waals surface area contributed by atoms with E-state index in [0.717, 1.165) is 11.1 Å². The van der Waals surface area contributed by atoms with Gasteiger partial charge in [-0.1, -0.05) is 29.3 Å². The average molecular weight is 278 g/mol. The zero-order valence-electron chi connectivity index (χ0n) is 11.8. The van der Waals surface area contributed by atoms with Gasteiger partial charge in [0.1, 0.15) is 6.10 Å². The van der Waals surface area contributed by atoms with Crippen molar-refractivity contribution >= 4 is 11.9 Å². The lowest BCUT2D eigenvalue weighted by Crippen LogP contribution is -2.47. The maximum atomic E-state index is 12.1. The minimum absolute atomic E-state index is 0.189. The molecule has 1 saturated heterocycles. The van der Waals surface area contributed by atoms with Gasteiger partial charge in [-0.3, -0.25) is 4.79 Å². The summed E-state index contributed by atoms with van der Waals surface area (Å²) in [6.45, 7) is 3.74. The number of carbonyl (C=O) groups is 2. The maximum Gasteiger partial charge on any atom is 0.346 e. The van der Waals surface area contributed by atoms with Gasteiger partial charge in [-0.25, -0.2) is 4.79 Å². The van der Waals surface area contributed by atoms with E-state index in [9.17, 15) is 14.7 Å². The second kappa shape index (κ2) is 5.25. The van der Waals surface area contributed by atoms with Gasteiger partial charge in [0.25, 0.3) is 0 Å². The van der Waals surface area contributed by atoms with Crippen LogP contribution in [-0.2, 0) is 24.7 Å². The fourth-order valence-corrected chi connectivity index (χ4v) is 2.61. The summed E-state index contributed by atoms with van der Waals surface area (Å²) in [4.78, 5) is 23.4. The molecule has 1 heterocycles. The lowest BCUT2D eigenvalue weighted by Gasteiger charge is -2.30. The molecule has 5 nitrogen and oxygen atoms in total. The summed E-state index contributed by atoms with van der Waals surface area (Å²) in [5.41, 5.74) is 0.248. The predicted octanol–water partition coefficient (Wildman–Crippen LogP) is 1.37. The van der Waals surface area contributed by atoms with Gasteiger partial charge in [0, 0.05) is 6.42 Å². The van der Waals surface area contributed by atoms with E-state index in [1.165, 1.54) is 7.11 Å². The van der Waals surface area contributed by atoms with Crippen molar-refractivity contribution in [2.45, 2.75) is 38.4 Å². The third-order valence-corrected chi connectivity index (χ3v) is 3.51. The van der Waals surface area contributed by atoms with Gasteiger partial charge in [0.2, 0.25) is 5.60 Å². The molecule has 1 aromatic rings. The van der Waals surface area contributed by atoms with Crippen LogP contribution in [0.2, 0.25) is 0 Å². The quantitative estimate of drug-likeness (QED) is 0.845. The van der Waals surface area contributed by atoms with Crippen LogP contribution >= 0.6 is 0 Å². The van der Waals surface area contributed by atoms with E-state index in [1.54, 1.807) is 12.1 Å². The van der Waals surface area contributed by atoms with Crippen molar-refractivity contribution < 1.29 is 24.2 Å². The van der Waals surface area contributed by atoms with Crippen molar-refractivity contribution in [3.63, 3.8) is 0 Å². The van der Waals surface area contributed by atoms with Crippen LogP contribution in [0.15, 0.2) is 18.2 Å². The normalized spacial score (nSPS) is 21.2. The van der Waals surface area contributed by atoms with Gasteiger partial charge >= 0.3 is 11.9 Å². The molecular formula is C15H18O5. The Morgan fingerprint density at radius 2 is 1.95 bits per heavy atom. The predicted molar refractivity (Wildman–Crippen MR) is 70.9 cm³/mol. The number of cyclic esters (lactones) is 1. The lowest BCUT2D eigenvalue weighted by atomic mass is 9.85. The summed E-state index contributed by atoms with van der Waals surface area (Å²) >= 11 is 0. The first kappa shape index (κ1) is 14.5. The number of esters is 2. The van der Waals surface area contributed by atoms with E-state index < -0.39 is 23.6 Å². The summed E-state index contributed by atoms with van der Waals surface area (Å²) < 4.78 is 9.81. The van der Waals surface area contributed by atoms with E-state index in [-0.39, 0.29) is 12.8 Å². The number of aryl methyl sites for hydroxylation is 2. The first-order valence-electron chi connectivity index (χ1n) is 6.47. The van der Waals surface area contributed by atoms with Crippen LogP contribution < -0.4 is 0 Å². The van der Waals surface area contributed by atoms with Crippen LogP contribution in [0, 0.1) is 13.8 Å². The number of ether oxygens (including phenoxy) is 2. The largest absolute Gasteiger partial charge is 0.467 e. The highest BCUT2D eigenvalue weighted by atomic mass is 16.6. The molecule has 0 amide bonds. The minimum Gasteiger partial charge on any atom is -0.467 e. The fourth-order valence-electron chi connectivity index (χ4n) is 2.61. The number of rotatable bonds is 3. The Morgan fingerprint density at radius 1 is 1.35 bits per heavy atom. The molecule has 0 radical (unpaired) electrons. The molecule has 2 atom stereocenters. The first-order valence-corrected chi connectivity index (χ1v) is 6.47. The molecule has 0 aliphatic carbocycles. The Kier molecular flexibility index (Phi) is 3.81. The van der Waals surface area contributed by atoms with Crippen molar-refractivity contribution in [3.8, 4) is 0 Å². The molecule has 1 aliphatic heterocycles. The summed E-state index contributed by atoms with van der Waals surface area (Å²) in [5.74, 6) is -1.23. The number of benzene rings is 1. The molecule has 5 heteroatoms. The Hall–Kier alpha value is -1.88. The first-order chi connectivity index (χ1) is 9.37. The van der Waals surface area contributed by atoms with E-state index in [1.807, 2.05) is 19.9 Å². The summed E-state index contributed by atoms with van der Waals surface area (Å²) in [6, 6.07) is 5.34. The highest BCUT2D eigenvalue weighted by Gasteiger charge is 2.51. The second-order valence-electron chi connectivity index (χ2n) is 5.15. The van der Waals surface area contributed by atoms with Gasteiger partial charge in [0.05, 0.1) is 7.11 Å². The monoisotopic (exact) mass is 278 g/mol. The van der Waals surface area contributed by atoms with Crippen molar-refractivity contribution in [1.82, 2.24) is 0 Å². The standard InChI is InChI=1S/C15H18O5/c1-9-6-10(2)8-11(7-9)15(18,14(17)19-3)12-4-5-13(16)20-12/h6-8,12,18H,4-5H2,1-3H3/t12-,15-/m1/s1. The smallest absolute Gasteiger partial charge is 0.346 e. The molecular weight excluding hydrogens is 260 g/mol. The van der Waals surface area contributed by atoms with Crippen molar-refractivity contribution in [2.75, 3.05) is 7.11 Å². The van der Waals surface area contributed by atoms with Crippen molar-refractivity contribution in [1.29, 1.82) is 0 Å². The molecule has 1 aromatic carbocycles. The second-order valence-corrected chi connectivity index (χ2v) is 5.15. The van der Waals surface area contributed by atoms with E-state index in [0.29, 0.717) is 5.56 Å². The zero-order valence-corrected chi connectivity index (χ0v) is 11.8. The van der Waals surface area contributed by atoms with Crippen molar-refractivity contribution in [3.05, 3.63) is 34.9 Å². The van der Waals surface area contributed by atoms with E-state index in [4.69, 9.17) is 9.47 Å². The molecule has 0 bridgehead atoms. The van der Waals surface area contributed by atoms with Gasteiger partial charge in [0.15, 0.2) is 0 Å². The van der Waals surface area contributed by atoms with Crippen LogP contribution in [0.5, 0.6) is 0 Å². The van der Waals surface area contributed by atoms with Gasteiger partial charge in [-0.05, 0) is 25.8 Å². The van der Waals surface area contributed by atoms with E-state index >= 15 is 0 Å². The van der Waals surface area contributed by atoms with Gasteiger partial charge in [-0.15, -0.1) is 0 Å². The van der Waals surface area contributed by atoms with Crippen LogP contribution in [0.25, 0.3) is 0 Å². The van der Waals surface area contributed by atoms with Crippen molar-refractivity contribution in [2.24, 2.45) is 0 Å². The third-order valence-electron chi connectivity index (χ3n) is 3.51. The van der Waals surface area contributed by atoms with Crippen LogP contribution in [0.4, 0.5) is 0 Å². The minimum atomic E-state index is -1.96. The molecule has 0 spiro atoms. The molecule has 0 aromatic heterocycles. The molecule has 20 heavy (non-hydrogen) atoms. The lowest BCUT2D eigenvalue weighted by molar-refractivity contribution is -0.181. The topological polar surface area (TPSA) is 72.8 Å². The number of aliphatic hydroxyl groups is 1. The molecule has 0 saturated carbocycles. The van der Waals surface area contributed by atoms with Crippen LogP contribution in [0.1, 0.15) is 29.5 Å². The Morgan fingerprint density at radius 3 is 2.40 bits per heavy atom. The number of hydrogen-bond donors (Lipinski definition) is 1. The summed E-state index contributed by atoms with van der Waals surface area (Å²) in [7, 11) is 1.20. The Labute approximate surface area is 117 Å². The van der Waals surface area contributed by atoms with Gasteiger partial charge < -0.3 is 14.6 Å². The number of methoxy groups -OCH3 is 1. The highest BCUT2D eigenvalue weighted by molar-refractivity contribution is 5.83. The van der Waals surface area contributed by atoms with Crippen LogP contribution in [-0.4, -0.2) is 30.3 Å². The molecule has 1 aliphatic rings. The molecule has 108 valence electrons. The molecule has 1 N–H and O–H groups in total. The average Bonchev–Trinajstić information content (AvgIpc) is 2.82. The zero-order chi connectivity index (χ0) is 14.9. The number of hydrogen-bond acceptors (Lipinski definition) is 5. The molecule has 1 fully saturated rings. The Bertz CT molecular complexity index is 531.